The molecule has 0 unspecified atom stereocenters. The van der Waals surface area contributed by atoms with Gasteiger partial charge in [0, 0.05) is 20.0 Å². The molecule has 1 aliphatic rings. The largest absolute Gasteiger partial charge is 0.441 e. The Labute approximate surface area is 111 Å². The summed E-state index contributed by atoms with van der Waals surface area (Å²) in [5.41, 5.74) is 7.93. The molecule has 19 heavy (non-hydrogen) atoms. The Morgan fingerprint density at radius 2 is 2.32 bits per heavy atom. The van der Waals surface area contributed by atoms with Gasteiger partial charge in [-0.25, -0.2) is 4.98 Å². The second-order valence-electron chi connectivity index (χ2n) is 5.20. The number of rotatable bonds is 4. The number of fused-ring (bicyclic) bond motifs is 1. The highest BCUT2D eigenvalue weighted by Crippen LogP contribution is 2.44. The highest BCUT2D eigenvalue weighted by Gasteiger charge is 2.48. The van der Waals surface area contributed by atoms with Crippen molar-refractivity contribution in [2.24, 2.45) is 11.1 Å². The number of amides is 1. The van der Waals surface area contributed by atoms with Crippen molar-refractivity contribution in [1.29, 1.82) is 0 Å². The number of aromatic nitrogens is 1. The van der Waals surface area contributed by atoms with Crippen LogP contribution in [0.5, 0.6) is 0 Å². The van der Waals surface area contributed by atoms with Gasteiger partial charge < -0.3 is 15.5 Å². The average molecular weight is 259 g/mol. The zero-order valence-electron chi connectivity index (χ0n) is 10.9. The molecule has 0 atom stereocenters. The van der Waals surface area contributed by atoms with Gasteiger partial charge in [-0.15, -0.1) is 0 Å². The molecule has 1 amide bonds. The van der Waals surface area contributed by atoms with Crippen LogP contribution < -0.4 is 11.1 Å². The first-order valence-electron chi connectivity index (χ1n) is 6.47. The number of hydrogen-bond acceptors (Lipinski definition) is 4. The van der Waals surface area contributed by atoms with Gasteiger partial charge in [-0.2, -0.15) is 0 Å². The summed E-state index contributed by atoms with van der Waals surface area (Å²) < 4.78 is 5.47. The molecule has 3 rings (SSSR count). The number of nitrogens with one attached hydrogen (secondary N) is 1. The maximum absolute atomic E-state index is 12.0. The number of oxazole rings is 1. The highest BCUT2D eigenvalue weighted by atomic mass is 16.3. The Bertz CT molecular complexity index is 629. The molecule has 0 bridgehead atoms. The highest BCUT2D eigenvalue weighted by molar-refractivity contribution is 5.85. The Morgan fingerprint density at radius 3 is 3.00 bits per heavy atom. The molecule has 3 N–H and O–H groups in total. The molecule has 1 aromatic heterocycles. The molecule has 1 aliphatic carbocycles. The third-order valence-corrected chi connectivity index (χ3v) is 3.74. The van der Waals surface area contributed by atoms with Crippen molar-refractivity contribution in [1.82, 2.24) is 10.3 Å². The Kier molecular flexibility index (Phi) is 2.78. The summed E-state index contributed by atoms with van der Waals surface area (Å²) in [6.07, 6.45) is 1.80. The van der Waals surface area contributed by atoms with E-state index >= 15 is 0 Å². The van der Waals surface area contributed by atoms with Crippen molar-refractivity contribution in [2.75, 3.05) is 6.54 Å². The normalized spacial score (nSPS) is 16.5. The van der Waals surface area contributed by atoms with E-state index in [9.17, 15) is 4.79 Å². The molecular weight excluding hydrogens is 242 g/mol. The van der Waals surface area contributed by atoms with Crippen molar-refractivity contribution >= 4 is 17.0 Å². The van der Waals surface area contributed by atoms with Gasteiger partial charge in [0.1, 0.15) is 5.52 Å². The van der Waals surface area contributed by atoms with E-state index < -0.39 is 0 Å². The van der Waals surface area contributed by atoms with E-state index in [1.807, 2.05) is 25.1 Å². The molecule has 1 saturated carbocycles. The number of nitrogens with zero attached hydrogens (tertiary/aromatic N) is 1. The second kappa shape index (κ2) is 4.35. The lowest BCUT2D eigenvalue weighted by molar-refractivity contribution is -0.126. The van der Waals surface area contributed by atoms with Crippen molar-refractivity contribution in [3.63, 3.8) is 0 Å². The van der Waals surface area contributed by atoms with Crippen LogP contribution in [-0.2, 0) is 11.3 Å². The lowest BCUT2D eigenvalue weighted by Gasteiger charge is -2.12. The molecule has 0 saturated heterocycles. The molecule has 1 heterocycles. The molecule has 2 aromatic rings. The molecule has 1 fully saturated rings. The van der Waals surface area contributed by atoms with E-state index in [0.29, 0.717) is 19.0 Å². The topological polar surface area (TPSA) is 81.2 Å². The first-order valence-corrected chi connectivity index (χ1v) is 6.47. The molecule has 0 radical (unpaired) electrons. The number of carbonyl (C=O) groups is 1. The van der Waals surface area contributed by atoms with Crippen LogP contribution in [-0.4, -0.2) is 17.4 Å². The third kappa shape index (κ3) is 2.21. The standard InChI is InChI=1S/C14H17N3O2/c1-9-17-11-3-2-10(6-12(11)19-9)7-16-13(18)14(8-15)4-5-14/h2-3,6H,4-5,7-8,15H2,1H3,(H,16,18). The predicted molar refractivity (Wildman–Crippen MR) is 71.3 cm³/mol. The summed E-state index contributed by atoms with van der Waals surface area (Å²) in [7, 11) is 0. The van der Waals surface area contributed by atoms with Crippen LogP contribution in [0.4, 0.5) is 0 Å². The van der Waals surface area contributed by atoms with Gasteiger partial charge in [-0.1, -0.05) is 6.07 Å². The second-order valence-corrected chi connectivity index (χ2v) is 5.20. The minimum absolute atomic E-state index is 0.0591. The fourth-order valence-corrected chi connectivity index (χ4v) is 2.24. The molecule has 100 valence electrons. The van der Waals surface area contributed by atoms with Crippen LogP contribution in [0.15, 0.2) is 22.6 Å². The number of benzene rings is 1. The van der Waals surface area contributed by atoms with Crippen LogP contribution in [0.2, 0.25) is 0 Å². The maximum atomic E-state index is 12.0. The Morgan fingerprint density at radius 1 is 1.53 bits per heavy atom. The Hall–Kier alpha value is -1.88. The lowest BCUT2D eigenvalue weighted by atomic mass is 10.1. The molecular formula is C14H17N3O2. The zero-order chi connectivity index (χ0) is 13.5. The number of nitrogens with two attached hydrogens (primary N) is 1. The van der Waals surface area contributed by atoms with Crippen molar-refractivity contribution in [3.8, 4) is 0 Å². The van der Waals surface area contributed by atoms with E-state index in [0.717, 1.165) is 29.5 Å². The van der Waals surface area contributed by atoms with Gasteiger partial charge in [-0.05, 0) is 30.5 Å². The van der Waals surface area contributed by atoms with Crippen LogP contribution in [0, 0.1) is 12.3 Å². The summed E-state index contributed by atoms with van der Waals surface area (Å²) in [6.45, 7) is 2.75. The van der Waals surface area contributed by atoms with Gasteiger partial charge in [-0.3, -0.25) is 4.79 Å². The summed E-state index contributed by atoms with van der Waals surface area (Å²) >= 11 is 0. The van der Waals surface area contributed by atoms with Gasteiger partial charge >= 0.3 is 0 Å². The Balaban J connectivity index is 1.70. The van der Waals surface area contributed by atoms with Crippen LogP contribution in [0.1, 0.15) is 24.3 Å². The molecule has 0 spiro atoms. The van der Waals surface area contributed by atoms with E-state index in [2.05, 4.69) is 10.3 Å². The van der Waals surface area contributed by atoms with Crippen molar-refractivity contribution < 1.29 is 9.21 Å². The number of carbonyl (C=O) groups excluding carboxylic acids is 1. The summed E-state index contributed by atoms with van der Waals surface area (Å²) in [5.74, 6) is 0.708. The van der Waals surface area contributed by atoms with E-state index in [-0.39, 0.29) is 11.3 Å². The maximum Gasteiger partial charge on any atom is 0.227 e. The molecule has 1 aromatic carbocycles. The van der Waals surface area contributed by atoms with E-state index in [1.54, 1.807) is 0 Å². The van der Waals surface area contributed by atoms with E-state index in [1.165, 1.54) is 0 Å². The summed E-state index contributed by atoms with van der Waals surface area (Å²) in [6, 6.07) is 5.77. The quantitative estimate of drug-likeness (QED) is 0.871. The predicted octanol–water partition coefficient (Wildman–Crippen LogP) is 1.49. The molecule has 5 heteroatoms. The number of hydrogen-bond donors (Lipinski definition) is 2. The van der Waals surface area contributed by atoms with Crippen LogP contribution in [0.25, 0.3) is 11.1 Å². The smallest absolute Gasteiger partial charge is 0.227 e. The third-order valence-electron chi connectivity index (χ3n) is 3.74. The van der Waals surface area contributed by atoms with Gasteiger partial charge in [0.05, 0.1) is 5.41 Å². The van der Waals surface area contributed by atoms with Crippen molar-refractivity contribution in [3.05, 3.63) is 29.7 Å². The average Bonchev–Trinajstić information content (AvgIpc) is 3.12. The minimum Gasteiger partial charge on any atom is -0.441 e. The first kappa shape index (κ1) is 12.2. The van der Waals surface area contributed by atoms with Crippen LogP contribution in [0.3, 0.4) is 0 Å². The fraction of sp³-hybridized carbons (Fsp3) is 0.429. The number of aryl methyl sites for hydroxylation is 1. The fourth-order valence-electron chi connectivity index (χ4n) is 2.24. The van der Waals surface area contributed by atoms with Crippen LogP contribution >= 0.6 is 0 Å². The minimum atomic E-state index is -0.299. The first-order chi connectivity index (χ1) is 9.13. The SMILES string of the molecule is Cc1nc2ccc(CNC(=O)C3(CN)CC3)cc2o1. The molecule has 5 nitrogen and oxygen atoms in total. The summed E-state index contributed by atoms with van der Waals surface area (Å²) in [5, 5.41) is 2.94. The van der Waals surface area contributed by atoms with Gasteiger partial charge in [0.15, 0.2) is 11.5 Å². The lowest BCUT2D eigenvalue weighted by Crippen LogP contribution is -2.36. The van der Waals surface area contributed by atoms with Crippen molar-refractivity contribution in [2.45, 2.75) is 26.3 Å². The molecule has 0 aliphatic heterocycles. The van der Waals surface area contributed by atoms with Gasteiger partial charge in [0.25, 0.3) is 0 Å². The zero-order valence-corrected chi connectivity index (χ0v) is 10.9. The van der Waals surface area contributed by atoms with Gasteiger partial charge in [0.2, 0.25) is 5.91 Å². The van der Waals surface area contributed by atoms with E-state index in [4.69, 9.17) is 10.2 Å². The summed E-state index contributed by atoms with van der Waals surface area (Å²) in [4.78, 5) is 16.2. The monoisotopic (exact) mass is 259 g/mol.